The average molecular weight is 679 g/mol. The summed E-state index contributed by atoms with van der Waals surface area (Å²) < 4.78 is 2.42. The molecule has 0 saturated heterocycles. The summed E-state index contributed by atoms with van der Waals surface area (Å²) >= 11 is 0. The molecule has 0 radical (unpaired) electrons. The van der Waals surface area contributed by atoms with Crippen LogP contribution in [-0.2, 0) is 5.41 Å². The lowest BCUT2D eigenvalue weighted by molar-refractivity contribution is 0.660. The molecule has 0 atom stereocenters. The lowest BCUT2D eigenvalue weighted by Gasteiger charge is -2.30. The Balaban J connectivity index is 1.16. The highest BCUT2D eigenvalue weighted by Crippen LogP contribution is 2.51. The van der Waals surface area contributed by atoms with E-state index in [9.17, 15) is 0 Å². The molecule has 0 N–H and O–H groups in total. The number of benzene rings is 8. The van der Waals surface area contributed by atoms with Crippen molar-refractivity contribution in [2.75, 3.05) is 4.90 Å². The number of para-hydroxylation sites is 4. The van der Waals surface area contributed by atoms with Gasteiger partial charge >= 0.3 is 0 Å². The van der Waals surface area contributed by atoms with Crippen LogP contribution in [-0.4, -0.2) is 4.57 Å². The fourth-order valence-electron chi connectivity index (χ4n) is 8.68. The van der Waals surface area contributed by atoms with E-state index in [1.54, 1.807) is 0 Å². The molecule has 53 heavy (non-hydrogen) atoms. The Kier molecular flexibility index (Phi) is 7.19. The standard InChI is InChI=1S/C51H38N2/c1-51(2)46-25-12-9-21-42(46)43-33-32-39(34-47(43)51)52(48-26-13-10-20-40(48)35-16-5-3-6-17-35)38-30-28-36(29-31-38)41-23-15-24-45-44-22-11-14-27-49(44)53(50(41)45)37-18-7-4-8-19-37/h3-34H,1-2H3. The first kappa shape index (κ1) is 31.1. The molecule has 0 amide bonds. The smallest absolute Gasteiger partial charge is 0.0619 e. The minimum atomic E-state index is -0.105. The third kappa shape index (κ3) is 4.94. The Morgan fingerprint density at radius 2 is 1.00 bits per heavy atom. The molecule has 9 aromatic rings. The van der Waals surface area contributed by atoms with Crippen LogP contribution in [0.15, 0.2) is 194 Å². The Hall–Kier alpha value is -6.64. The van der Waals surface area contributed by atoms with Gasteiger partial charge in [-0.1, -0.05) is 159 Å². The third-order valence-electron chi connectivity index (χ3n) is 11.2. The normalized spacial score (nSPS) is 12.9. The number of hydrogen-bond donors (Lipinski definition) is 0. The highest BCUT2D eigenvalue weighted by molar-refractivity contribution is 6.13. The largest absolute Gasteiger partial charge is 0.310 e. The summed E-state index contributed by atoms with van der Waals surface area (Å²) in [5.41, 5.74) is 17.1. The molecule has 1 heterocycles. The topological polar surface area (TPSA) is 8.17 Å². The lowest BCUT2D eigenvalue weighted by atomic mass is 9.82. The molecule has 8 aromatic carbocycles. The van der Waals surface area contributed by atoms with Crippen LogP contribution >= 0.6 is 0 Å². The van der Waals surface area contributed by atoms with Gasteiger partial charge in [0.05, 0.1) is 16.7 Å². The first-order chi connectivity index (χ1) is 26.1. The summed E-state index contributed by atoms with van der Waals surface area (Å²) in [6.45, 7) is 4.71. The lowest BCUT2D eigenvalue weighted by Crippen LogP contribution is -2.16. The summed E-state index contributed by atoms with van der Waals surface area (Å²) in [7, 11) is 0. The van der Waals surface area contributed by atoms with Crippen LogP contribution in [0.2, 0.25) is 0 Å². The van der Waals surface area contributed by atoms with Crippen LogP contribution in [0.1, 0.15) is 25.0 Å². The molecular formula is C51H38N2. The first-order valence-corrected chi connectivity index (χ1v) is 18.4. The number of hydrogen-bond acceptors (Lipinski definition) is 1. The highest BCUT2D eigenvalue weighted by atomic mass is 15.1. The maximum absolute atomic E-state index is 2.44. The van der Waals surface area contributed by atoms with Crippen LogP contribution < -0.4 is 4.90 Å². The molecule has 0 spiro atoms. The Morgan fingerprint density at radius 1 is 0.415 bits per heavy atom. The molecular weight excluding hydrogens is 641 g/mol. The summed E-state index contributed by atoms with van der Waals surface area (Å²) in [6, 6.07) is 70.8. The maximum Gasteiger partial charge on any atom is 0.0619 e. The summed E-state index contributed by atoms with van der Waals surface area (Å²) in [6.07, 6.45) is 0. The number of anilines is 3. The van der Waals surface area contributed by atoms with E-state index in [4.69, 9.17) is 0 Å². The highest BCUT2D eigenvalue weighted by Gasteiger charge is 2.36. The quantitative estimate of drug-likeness (QED) is 0.170. The van der Waals surface area contributed by atoms with Gasteiger partial charge in [0, 0.05) is 44.4 Å². The van der Waals surface area contributed by atoms with E-state index in [0.29, 0.717) is 0 Å². The van der Waals surface area contributed by atoms with Crippen molar-refractivity contribution in [1.29, 1.82) is 0 Å². The number of rotatable bonds is 6. The van der Waals surface area contributed by atoms with E-state index in [1.807, 2.05) is 0 Å². The van der Waals surface area contributed by atoms with Crippen LogP contribution in [0.3, 0.4) is 0 Å². The van der Waals surface area contributed by atoms with Gasteiger partial charge < -0.3 is 9.47 Å². The molecule has 0 saturated carbocycles. The minimum Gasteiger partial charge on any atom is -0.310 e. The van der Waals surface area contributed by atoms with E-state index in [-0.39, 0.29) is 5.41 Å². The van der Waals surface area contributed by atoms with Crippen LogP contribution in [0.5, 0.6) is 0 Å². The molecule has 0 aliphatic heterocycles. The molecule has 1 aliphatic carbocycles. The molecule has 1 aliphatic rings. The molecule has 0 unspecified atom stereocenters. The summed E-state index contributed by atoms with van der Waals surface area (Å²) in [5, 5.41) is 2.52. The van der Waals surface area contributed by atoms with Crippen molar-refractivity contribution in [3.8, 4) is 39.1 Å². The zero-order valence-corrected chi connectivity index (χ0v) is 29.9. The SMILES string of the molecule is CC1(C)c2ccccc2-c2ccc(N(c3ccc(-c4cccc5c6ccccc6n(-c6ccccc6)c45)cc3)c3ccccc3-c3ccccc3)cc21. The van der Waals surface area contributed by atoms with Crippen molar-refractivity contribution in [3.63, 3.8) is 0 Å². The van der Waals surface area contributed by atoms with E-state index < -0.39 is 0 Å². The number of aromatic nitrogens is 1. The minimum absolute atomic E-state index is 0.105. The monoisotopic (exact) mass is 678 g/mol. The van der Waals surface area contributed by atoms with Crippen molar-refractivity contribution in [1.82, 2.24) is 4.57 Å². The first-order valence-electron chi connectivity index (χ1n) is 18.4. The van der Waals surface area contributed by atoms with Crippen molar-refractivity contribution < 1.29 is 0 Å². The van der Waals surface area contributed by atoms with Crippen molar-refractivity contribution in [2.45, 2.75) is 19.3 Å². The van der Waals surface area contributed by atoms with Gasteiger partial charge in [0.1, 0.15) is 0 Å². The Labute approximate surface area is 310 Å². The van der Waals surface area contributed by atoms with Gasteiger partial charge in [0.25, 0.3) is 0 Å². The summed E-state index contributed by atoms with van der Waals surface area (Å²) in [5.74, 6) is 0. The van der Waals surface area contributed by atoms with Gasteiger partial charge in [-0.05, 0) is 81.9 Å². The van der Waals surface area contributed by atoms with Gasteiger partial charge in [-0.3, -0.25) is 0 Å². The van der Waals surface area contributed by atoms with Gasteiger partial charge in [-0.15, -0.1) is 0 Å². The molecule has 0 bridgehead atoms. The number of nitrogens with zero attached hydrogens (tertiary/aromatic N) is 2. The molecule has 252 valence electrons. The van der Waals surface area contributed by atoms with Gasteiger partial charge in [-0.2, -0.15) is 0 Å². The molecule has 1 aromatic heterocycles. The van der Waals surface area contributed by atoms with Crippen LogP contribution in [0.4, 0.5) is 17.1 Å². The molecule has 10 rings (SSSR count). The van der Waals surface area contributed by atoms with Crippen molar-refractivity contribution >= 4 is 38.9 Å². The second-order valence-electron chi connectivity index (χ2n) is 14.6. The molecule has 0 fully saturated rings. The molecule has 2 heteroatoms. The van der Waals surface area contributed by atoms with E-state index >= 15 is 0 Å². The predicted octanol–water partition coefficient (Wildman–Crippen LogP) is 13.9. The fourth-order valence-corrected chi connectivity index (χ4v) is 8.68. The Morgan fingerprint density at radius 3 is 1.81 bits per heavy atom. The zero-order valence-electron chi connectivity index (χ0n) is 29.9. The summed E-state index contributed by atoms with van der Waals surface area (Å²) in [4.78, 5) is 2.44. The zero-order chi connectivity index (χ0) is 35.5. The van der Waals surface area contributed by atoms with Gasteiger partial charge in [0.2, 0.25) is 0 Å². The predicted molar refractivity (Wildman–Crippen MR) is 224 cm³/mol. The second-order valence-corrected chi connectivity index (χ2v) is 14.6. The van der Waals surface area contributed by atoms with Gasteiger partial charge in [0.15, 0.2) is 0 Å². The van der Waals surface area contributed by atoms with Crippen LogP contribution in [0.25, 0.3) is 60.9 Å². The Bertz CT molecular complexity index is 2790. The molecule has 2 nitrogen and oxygen atoms in total. The van der Waals surface area contributed by atoms with E-state index in [2.05, 4.69) is 217 Å². The van der Waals surface area contributed by atoms with Crippen molar-refractivity contribution in [2.24, 2.45) is 0 Å². The maximum atomic E-state index is 2.44. The third-order valence-corrected chi connectivity index (χ3v) is 11.2. The van der Waals surface area contributed by atoms with Crippen LogP contribution in [0, 0.1) is 0 Å². The van der Waals surface area contributed by atoms with E-state index in [0.717, 1.165) is 22.7 Å². The van der Waals surface area contributed by atoms with Gasteiger partial charge in [-0.25, -0.2) is 0 Å². The number of fused-ring (bicyclic) bond motifs is 6. The van der Waals surface area contributed by atoms with E-state index in [1.165, 1.54) is 66.3 Å². The second kappa shape index (κ2) is 12.3. The fraction of sp³-hybridized carbons (Fsp3) is 0.0588. The van der Waals surface area contributed by atoms with Crippen molar-refractivity contribution in [3.05, 3.63) is 205 Å². The average Bonchev–Trinajstić information content (AvgIpc) is 3.68.